The van der Waals surface area contributed by atoms with Crippen LogP contribution in [-0.2, 0) is 31.5 Å². The number of hydrogen-bond acceptors (Lipinski definition) is 6. The van der Waals surface area contributed by atoms with Crippen molar-refractivity contribution in [1.29, 1.82) is 0 Å². The summed E-state index contributed by atoms with van der Waals surface area (Å²) in [4.78, 5) is 24.3. The Labute approximate surface area is 170 Å². The van der Waals surface area contributed by atoms with Gasteiger partial charge in [0.15, 0.2) is 15.9 Å². The molecule has 2 aromatic rings. The molecular weight excluding hydrogens is 394 g/mol. The van der Waals surface area contributed by atoms with Crippen LogP contribution in [0, 0.1) is 0 Å². The minimum atomic E-state index is -3.15. The molecule has 0 saturated heterocycles. The summed E-state index contributed by atoms with van der Waals surface area (Å²) >= 11 is 0. The number of methoxy groups -OCH3 is 1. The van der Waals surface area contributed by atoms with Crippen molar-refractivity contribution in [1.82, 2.24) is 5.32 Å². The van der Waals surface area contributed by atoms with Crippen molar-refractivity contribution in [3.05, 3.63) is 65.2 Å². The molecule has 0 bridgehead atoms. The molecule has 0 aliphatic rings. The van der Waals surface area contributed by atoms with Gasteiger partial charge >= 0.3 is 5.97 Å². The van der Waals surface area contributed by atoms with Crippen LogP contribution < -0.4 is 10.1 Å². The number of hydrogen-bond donors (Lipinski definition) is 1. The number of nitrogens with one attached hydrogen (secondary N) is 1. The Morgan fingerprint density at radius 2 is 1.59 bits per heavy atom. The number of carbonyl (C=O) groups excluding carboxylic acids is 2. The lowest BCUT2D eigenvalue weighted by Crippen LogP contribution is -2.36. The predicted octanol–water partition coefficient (Wildman–Crippen LogP) is 2.14. The third-order valence-corrected chi connectivity index (χ3v) is 5.00. The second-order valence-electron chi connectivity index (χ2n) is 6.70. The van der Waals surface area contributed by atoms with Gasteiger partial charge in [-0.1, -0.05) is 24.3 Å². The molecule has 0 saturated carbocycles. The van der Waals surface area contributed by atoms with Crippen molar-refractivity contribution in [2.45, 2.75) is 25.2 Å². The summed E-state index contributed by atoms with van der Waals surface area (Å²) in [5.41, 5.74) is 1.87. The standard InChI is InChI=1S/C21H25NO6S/c1-15(20(23)22-13-12-16-6-10-19(27-2)11-7-16)28-21(24)18-8-4-17(5-9-18)14-29(3,25)26/h4-11,15H,12-14H2,1-3H3,(H,22,23)/t15-/m0/s1. The van der Waals surface area contributed by atoms with Gasteiger partial charge < -0.3 is 14.8 Å². The molecule has 2 aromatic carbocycles. The highest BCUT2D eigenvalue weighted by Gasteiger charge is 2.18. The van der Waals surface area contributed by atoms with Gasteiger partial charge in [-0.2, -0.15) is 0 Å². The number of carbonyl (C=O) groups is 2. The van der Waals surface area contributed by atoms with Crippen molar-refractivity contribution >= 4 is 21.7 Å². The summed E-state index contributed by atoms with van der Waals surface area (Å²) in [6.45, 7) is 1.91. The molecule has 1 N–H and O–H groups in total. The second-order valence-corrected chi connectivity index (χ2v) is 8.84. The topological polar surface area (TPSA) is 98.8 Å². The monoisotopic (exact) mass is 419 g/mol. The Kier molecular flexibility index (Phi) is 7.78. The van der Waals surface area contributed by atoms with Crippen molar-refractivity contribution < 1.29 is 27.5 Å². The van der Waals surface area contributed by atoms with Gasteiger partial charge in [0.1, 0.15) is 5.75 Å². The number of amides is 1. The van der Waals surface area contributed by atoms with Crippen molar-refractivity contribution in [3.63, 3.8) is 0 Å². The zero-order valence-electron chi connectivity index (χ0n) is 16.7. The van der Waals surface area contributed by atoms with Crippen LogP contribution in [0.2, 0.25) is 0 Å². The quantitative estimate of drug-likeness (QED) is 0.626. The summed E-state index contributed by atoms with van der Waals surface area (Å²) in [6, 6.07) is 13.6. The van der Waals surface area contributed by atoms with E-state index in [0.717, 1.165) is 17.6 Å². The molecular formula is C21H25NO6S. The van der Waals surface area contributed by atoms with Gasteiger partial charge in [0.25, 0.3) is 5.91 Å². The average molecular weight is 419 g/mol. The number of sulfone groups is 1. The highest BCUT2D eigenvalue weighted by molar-refractivity contribution is 7.89. The molecule has 8 heteroatoms. The zero-order valence-corrected chi connectivity index (χ0v) is 17.5. The first kappa shape index (κ1) is 22.4. The molecule has 2 rings (SSSR count). The average Bonchev–Trinajstić information content (AvgIpc) is 2.67. The summed E-state index contributed by atoms with van der Waals surface area (Å²) < 4.78 is 32.9. The molecule has 29 heavy (non-hydrogen) atoms. The fourth-order valence-electron chi connectivity index (χ4n) is 2.59. The maximum Gasteiger partial charge on any atom is 0.338 e. The van der Waals surface area contributed by atoms with Gasteiger partial charge in [-0.3, -0.25) is 4.79 Å². The molecule has 0 fully saturated rings. The minimum absolute atomic E-state index is 0.102. The number of benzene rings is 2. The van der Waals surface area contributed by atoms with Gasteiger partial charge in [-0.15, -0.1) is 0 Å². The normalized spacial score (nSPS) is 12.1. The van der Waals surface area contributed by atoms with Crippen LogP contribution in [0.3, 0.4) is 0 Å². The Hall–Kier alpha value is -2.87. The third-order valence-electron chi connectivity index (χ3n) is 4.14. The number of ether oxygens (including phenoxy) is 2. The van der Waals surface area contributed by atoms with Crippen molar-refractivity contribution in [2.75, 3.05) is 19.9 Å². The minimum Gasteiger partial charge on any atom is -0.497 e. The molecule has 0 spiro atoms. The van der Waals surface area contributed by atoms with Gasteiger partial charge in [-0.05, 0) is 48.7 Å². The molecule has 1 atom stereocenters. The fraction of sp³-hybridized carbons (Fsp3) is 0.333. The van der Waals surface area contributed by atoms with E-state index in [-0.39, 0.29) is 17.2 Å². The first-order chi connectivity index (χ1) is 13.7. The number of rotatable bonds is 9. The predicted molar refractivity (Wildman–Crippen MR) is 110 cm³/mol. The fourth-order valence-corrected chi connectivity index (χ4v) is 3.39. The van der Waals surface area contributed by atoms with Gasteiger partial charge in [0, 0.05) is 12.8 Å². The van der Waals surface area contributed by atoms with Crippen LogP contribution >= 0.6 is 0 Å². The summed E-state index contributed by atoms with van der Waals surface area (Å²) in [7, 11) is -1.55. The highest BCUT2D eigenvalue weighted by atomic mass is 32.2. The van der Waals surface area contributed by atoms with Crippen LogP contribution in [0.25, 0.3) is 0 Å². The van der Waals surface area contributed by atoms with E-state index in [1.54, 1.807) is 19.2 Å². The largest absolute Gasteiger partial charge is 0.497 e. The molecule has 1 amide bonds. The van der Waals surface area contributed by atoms with E-state index in [1.165, 1.54) is 19.1 Å². The SMILES string of the molecule is COc1ccc(CCNC(=O)[C@H](C)OC(=O)c2ccc(CS(C)(=O)=O)cc2)cc1. The molecule has 0 heterocycles. The Bertz CT molecular complexity index is 936. The molecule has 156 valence electrons. The Morgan fingerprint density at radius 3 is 2.14 bits per heavy atom. The Balaban J connectivity index is 1.81. The van der Waals surface area contributed by atoms with Gasteiger partial charge in [-0.25, -0.2) is 13.2 Å². The van der Waals surface area contributed by atoms with Gasteiger partial charge in [0.2, 0.25) is 0 Å². The first-order valence-electron chi connectivity index (χ1n) is 9.06. The third kappa shape index (κ3) is 7.57. The first-order valence-corrected chi connectivity index (χ1v) is 11.1. The molecule has 0 aliphatic carbocycles. The van der Waals surface area contributed by atoms with Crippen molar-refractivity contribution in [3.8, 4) is 5.75 Å². The Morgan fingerprint density at radius 1 is 1.00 bits per heavy atom. The van der Waals surface area contributed by atoms with Crippen LogP contribution in [-0.4, -0.2) is 46.3 Å². The second kappa shape index (κ2) is 10.1. The van der Waals surface area contributed by atoms with E-state index in [4.69, 9.17) is 9.47 Å². The van der Waals surface area contributed by atoms with E-state index >= 15 is 0 Å². The molecule has 7 nitrogen and oxygen atoms in total. The summed E-state index contributed by atoms with van der Waals surface area (Å²) in [5.74, 6) is -0.369. The van der Waals surface area contributed by atoms with E-state index < -0.39 is 21.9 Å². The lowest BCUT2D eigenvalue weighted by atomic mass is 10.1. The maximum absolute atomic E-state index is 12.2. The smallest absolute Gasteiger partial charge is 0.338 e. The highest BCUT2D eigenvalue weighted by Crippen LogP contribution is 2.12. The molecule has 0 radical (unpaired) electrons. The van der Waals surface area contributed by atoms with Gasteiger partial charge in [0.05, 0.1) is 18.4 Å². The van der Waals surface area contributed by atoms with Crippen molar-refractivity contribution in [2.24, 2.45) is 0 Å². The zero-order chi connectivity index (χ0) is 21.4. The van der Waals surface area contributed by atoms with Crippen LogP contribution in [0.4, 0.5) is 0 Å². The summed E-state index contributed by atoms with van der Waals surface area (Å²) in [6.07, 6.45) is 0.830. The van der Waals surface area contributed by atoms with E-state index in [0.29, 0.717) is 18.5 Å². The maximum atomic E-state index is 12.2. The summed E-state index contributed by atoms with van der Waals surface area (Å²) in [5, 5.41) is 2.74. The van der Waals surface area contributed by atoms with E-state index in [9.17, 15) is 18.0 Å². The molecule has 0 unspecified atom stereocenters. The lowest BCUT2D eigenvalue weighted by molar-refractivity contribution is -0.129. The molecule has 0 aliphatic heterocycles. The van der Waals surface area contributed by atoms with E-state index in [1.807, 2.05) is 24.3 Å². The molecule has 0 aromatic heterocycles. The van der Waals surface area contributed by atoms with Crippen LogP contribution in [0.15, 0.2) is 48.5 Å². The van der Waals surface area contributed by atoms with Crippen LogP contribution in [0.1, 0.15) is 28.4 Å². The number of esters is 1. The van der Waals surface area contributed by atoms with E-state index in [2.05, 4.69) is 5.32 Å². The van der Waals surface area contributed by atoms with Crippen LogP contribution in [0.5, 0.6) is 5.75 Å². The lowest BCUT2D eigenvalue weighted by Gasteiger charge is -2.14.